The van der Waals surface area contributed by atoms with Crippen molar-refractivity contribution in [3.63, 3.8) is 0 Å². The summed E-state index contributed by atoms with van der Waals surface area (Å²) in [5.41, 5.74) is 2.10. The second kappa shape index (κ2) is 5.14. The fourth-order valence-electron chi connectivity index (χ4n) is 2.83. The smallest absolute Gasteiger partial charge is 0.254 e. The number of fused-ring (bicyclic) bond motifs is 2. The molecule has 3 heterocycles. The van der Waals surface area contributed by atoms with Gasteiger partial charge in [0, 0.05) is 18.5 Å². The van der Waals surface area contributed by atoms with Crippen LogP contribution in [0.2, 0.25) is 5.02 Å². The van der Waals surface area contributed by atoms with E-state index in [2.05, 4.69) is 10.3 Å². The quantitative estimate of drug-likeness (QED) is 0.692. The van der Waals surface area contributed by atoms with E-state index in [1.807, 2.05) is 9.58 Å². The highest BCUT2D eigenvalue weighted by atomic mass is 35.5. The average molecular weight is 317 g/mol. The molecule has 22 heavy (non-hydrogen) atoms. The highest BCUT2D eigenvalue weighted by Crippen LogP contribution is 2.29. The van der Waals surface area contributed by atoms with E-state index >= 15 is 0 Å². The van der Waals surface area contributed by atoms with Gasteiger partial charge in [0.15, 0.2) is 5.58 Å². The number of nitrogens with zero attached hydrogens (tertiary/aromatic N) is 4. The first-order valence-electron chi connectivity index (χ1n) is 7.06. The van der Waals surface area contributed by atoms with Crippen LogP contribution in [0.15, 0.2) is 35.1 Å². The third kappa shape index (κ3) is 2.07. The summed E-state index contributed by atoms with van der Waals surface area (Å²) in [7, 11) is 0. The molecule has 0 saturated carbocycles. The second-order valence-electron chi connectivity index (χ2n) is 5.29. The van der Waals surface area contributed by atoms with Crippen molar-refractivity contribution in [1.82, 2.24) is 19.9 Å². The van der Waals surface area contributed by atoms with Gasteiger partial charge in [0.1, 0.15) is 0 Å². The molecule has 7 heteroatoms. The minimum atomic E-state index is -0.0299. The van der Waals surface area contributed by atoms with Gasteiger partial charge < -0.3 is 9.32 Å². The first kappa shape index (κ1) is 13.3. The molecule has 0 fully saturated rings. The molecule has 0 unspecified atom stereocenters. The molecule has 0 saturated heterocycles. The van der Waals surface area contributed by atoms with Crippen molar-refractivity contribution in [2.75, 3.05) is 6.54 Å². The van der Waals surface area contributed by atoms with E-state index in [9.17, 15) is 4.79 Å². The number of hydrogen-bond donors (Lipinski definition) is 0. The molecule has 2 aromatic heterocycles. The van der Waals surface area contributed by atoms with Crippen LogP contribution in [0.5, 0.6) is 0 Å². The van der Waals surface area contributed by atoms with Gasteiger partial charge in [-0.15, -0.1) is 5.10 Å². The zero-order valence-corrected chi connectivity index (χ0v) is 12.5. The maximum absolute atomic E-state index is 12.9. The number of amides is 1. The van der Waals surface area contributed by atoms with Gasteiger partial charge in [-0.25, -0.2) is 4.68 Å². The van der Waals surface area contributed by atoms with E-state index < -0.39 is 0 Å². The number of aromatic nitrogens is 3. The number of benzene rings is 1. The Morgan fingerprint density at radius 2 is 2.18 bits per heavy atom. The molecule has 0 radical (unpaired) electrons. The number of carbonyl (C=O) groups is 1. The Hall–Kier alpha value is -2.34. The van der Waals surface area contributed by atoms with Crippen LogP contribution >= 0.6 is 11.6 Å². The van der Waals surface area contributed by atoms with E-state index in [4.69, 9.17) is 16.0 Å². The van der Waals surface area contributed by atoms with Gasteiger partial charge in [0.05, 0.1) is 35.3 Å². The third-order valence-corrected chi connectivity index (χ3v) is 4.23. The van der Waals surface area contributed by atoms with Crippen molar-refractivity contribution in [2.45, 2.75) is 19.5 Å². The predicted molar refractivity (Wildman–Crippen MR) is 80.6 cm³/mol. The molecule has 0 bridgehead atoms. The summed E-state index contributed by atoms with van der Waals surface area (Å²) >= 11 is 6.10. The molecule has 4 rings (SSSR count). The molecule has 1 amide bonds. The van der Waals surface area contributed by atoms with E-state index in [1.165, 1.54) is 0 Å². The van der Waals surface area contributed by atoms with Crippen molar-refractivity contribution < 1.29 is 9.21 Å². The Kier molecular flexibility index (Phi) is 3.11. The van der Waals surface area contributed by atoms with Crippen LogP contribution in [0, 0.1) is 0 Å². The number of hydrogen-bond acceptors (Lipinski definition) is 4. The van der Waals surface area contributed by atoms with Crippen LogP contribution in [0.1, 0.15) is 22.5 Å². The average Bonchev–Trinajstić information content (AvgIpc) is 3.13. The minimum Gasteiger partial charge on any atom is -0.463 e. The lowest BCUT2D eigenvalue weighted by molar-refractivity contribution is 0.0747. The molecule has 0 spiro atoms. The molecular weight excluding hydrogens is 304 g/mol. The van der Waals surface area contributed by atoms with Gasteiger partial charge in [0.25, 0.3) is 5.91 Å². The standard InChI is InChI=1S/C15H13ClN4O2/c16-13-3-2-12(11-4-7-22-14(11)13)15(21)19-5-1-6-20-10(9-19)8-17-18-20/h2-4,7-8H,1,5-6,9H2. The Morgan fingerprint density at radius 3 is 3.09 bits per heavy atom. The number of aryl methyl sites for hydroxylation is 1. The molecule has 6 nitrogen and oxygen atoms in total. The zero-order valence-electron chi connectivity index (χ0n) is 11.7. The van der Waals surface area contributed by atoms with Crippen LogP contribution in [0.25, 0.3) is 11.0 Å². The molecule has 0 N–H and O–H groups in total. The summed E-state index contributed by atoms with van der Waals surface area (Å²) in [6.45, 7) is 1.97. The Morgan fingerprint density at radius 1 is 1.27 bits per heavy atom. The molecule has 0 atom stereocenters. The molecule has 1 aliphatic heterocycles. The summed E-state index contributed by atoms with van der Waals surface area (Å²) in [4.78, 5) is 14.7. The van der Waals surface area contributed by atoms with Gasteiger partial charge in [-0.1, -0.05) is 16.8 Å². The maximum atomic E-state index is 12.9. The normalized spacial score (nSPS) is 14.9. The first-order chi connectivity index (χ1) is 10.7. The number of rotatable bonds is 1. The number of furan rings is 1. The Balaban J connectivity index is 1.71. The van der Waals surface area contributed by atoms with Crippen molar-refractivity contribution in [3.05, 3.63) is 46.9 Å². The lowest BCUT2D eigenvalue weighted by atomic mass is 10.1. The predicted octanol–water partition coefficient (Wildman–Crippen LogP) is 2.72. The monoisotopic (exact) mass is 316 g/mol. The summed E-state index contributed by atoms with van der Waals surface area (Å²) in [6, 6.07) is 5.23. The maximum Gasteiger partial charge on any atom is 0.254 e. The van der Waals surface area contributed by atoms with E-state index in [1.54, 1.807) is 30.7 Å². The van der Waals surface area contributed by atoms with Gasteiger partial charge in [0.2, 0.25) is 0 Å². The van der Waals surface area contributed by atoms with Crippen molar-refractivity contribution in [2.24, 2.45) is 0 Å². The zero-order chi connectivity index (χ0) is 15.1. The van der Waals surface area contributed by atoms with Gasteiger partial charge in [-0.05, 0) is 24.6 Å². The topological polar surface area (TPSA) is 64.2 Å². The fraction of sp³-hybridized carbons (Fsp3) is 0.267. The van der Waals surface area contributed by atoms with Gasteiger partial charge in [-0.2, -0.15) is 0 Å². The lowest BCUT2D eigenvalue weighted by Gasteiger charge is -2.20. The molecule has 3 aromatic rings. The SMILES string of the molecule is O=C(c1ccc(Cl)c2occc12)N1CCCn2nncc2C1. The van der Waals surface area contributed by atoms with Crippen LogP contribution in [0.4, 0.5) is 0 Å². The molecule has 0 aliphatic carbocycles. The summed E-state index contributed by atoms with van der Waals surface area (Å²) in [5, 5.41) is 9.19. The fourth-order valence-corrected chi connectivity index (χ4v) is 3.04. The number of carbonyl (C=O) groups excluding carboxylic acids is 1. The molecular formula is C15H13ClN4O2. The molecule has 1 aliphatic rings. The van der Waals surface area contributed by atoms with Crippen molar-refractivity contribution >= 4 is 28.5 Å². The van der Waals surface area contributed by atoms with E-state index in [0.29, 0.717) is 29.3 Å². The van der Waals surface area contributed by atoms with E-state index in [0.717, 1.165) is 24.0 Å². The lowest BCUT2D eigenvalue weighted by Crippen LogP contribution is -2.30. The highest BCUT2D eigenvalue weighted by molar-refractivity contribution is 6.35. The molecule has 112 valence electrons. The molecule has 1 aromatic carbocycles. The Bertz CT molecular complexity index is 854. The van der Waals surface area contributed by atoms with Crippen molar-refractivity contribution in [1.29, 1.82) is 0 Å². The first-order valence-corrected chi connectivity index (χ1v) is 7.44. The highest BCUT2D eigenvalue weighted by Gasteiger charge is 2.23. The van der Waals surface area contributed by atoms with Gasteiger partial charge in [-0.3, -0.25) is 4.79 Å². The second-order valence-corrected chi connectivity index (χ2v) is 5.69. The summed E-state index contributed by atoms with van der Waals surface area (Å²) < 4.78 is 7.22. The largest absolute Gasteiger partial charge is 0.463 e. The van der Waals surface area contributed by atoms with Crippen molar-refractivity contribution in [3.8, 4) is 0 Å². The van der Waals surface area contributed by atoms with Crippen LogP contribution in [-0.2, 0) is 13.1 Å². The van der Waals surface area contributed by atoms with Crippen LogP contribution in [0.3, 0.4) is 0 Å². The van der Waals surface area contributed by atoms with E-state index in [-0.39, 0.29) is 5.91 Å². The minimum absolute atomic E-state index is 0.0299. The third-order valence-electron chi connectivity index (χ3n) is 3.93. The summed E-state index contributed by atoms with van der Waals surface area (Å²) in [5.74, 6) is -0.0299. The van der Waals surface area contributed by atoms with Gasteiger partial charge >= 0.3 is 0 Å². The Labute approximate surface area is 131 Å². The van der Waals surface area contributed by atoms with Crippen LogP contribution < -0.4 is 0 Å². The van der Waals surface area contributed by atoms with Crippen LogP contribution in [-0.4, -0.2) is 32.3 Å². The number of halogens is 1. The summed E-state index contributed by atoms with van der Waals surface area (Å²) in [6.07, 6.45) is 4.11.